The van der Waals surface area contributed by atoms with E-state index in [2.05, 4.69) is 22.9 Å². The van der Waals surface area contributed by atoms with Crippen LogP contribution in [0.5, 0.6) is 0 Å². The molecule has 0 aliphatic heterocycles. The van der Waals surface area contributed by atoms with E-state index in [-0.39, 0.29) is 11.2 Å². The van der Waals surface area contributed by atoms with Gasteiger partial charge in [-0.1, -0.05) is 59.8 Å². The van der Waals surface area contributed by atoms with Crippen molar-refractivity contribution in [2.75, 3.05) is 5.33 Å². The summed E-state index contributed by atoms with van der Waals surface area (Å²) < 4.78 is 14.1. The Morgan fingerprint density at radius 2 is 2.05 bits per heavy atom. The summed E-state index contributed by atoms with van der Waals surface area (Å²) in [6.45, 7) is 2.26. The zero-order valence-electron chi connectivity index (χ0n) is 12.8. The molecule has 3 heteroatoms. The van der Waals surface area contributed by atoms with Gasteiger partial charge in [0.15, 0.2) is 0 Å². The molecule has 0 unspecified atom stereocenters. The Hall–Kier alpha value is -0.0800. The van der Waals surface area contributed by atoms with Gasteiger partial charge in [0, 0.05) is 15.9 Å². The molecule has 118 valence electrons. The number of hydrogen-bond acceptors (Lipinski definition) is 0. The number of unbranched alkanes of at least 4 members (excludes halogenated alkanes) is 1. The molecule has 0 radical (unpaired) electrons. The Kier molecular flexibility index (Phi) is 6.55. The van der Waals surface area contributed by atoms with E-state index in [1.807, 2.05) is 0 Å². The third-order valence-electron chi connectivity index (χ3n) is 5.03. The smallest absolute Gasteiger partial charge is 0.127 e. The van der Waals surface area contributed by atoms with Gasteiger partial charge in [0.05, 0.1) is 0 Å². The van der Waals surface area contributed by atoms with Crippen LogP contribution >= 0.6 is 27.5 Å². The van der Waals surface area contributed by atoms with Gasteiger partial charge >= 0.3 is 0 Å². The molecule has 1 aromatic carbocycles. The van der Waals surface area contributed by atoms with Gasteiger partial charge in [-0.25, -0.2) is 4.39 Å². The molecule has 21 heavy (non-hydrogen) atoms. The Bertz CT molecular complexity index is 432. The van der Waals surface area contributed by atoms with Crippen LogP contribution in [-0.4, -0.2) is 5.33 Å². The van der Waals surface area contributed by atoms with Crippen LogP contribution in [0.25, 0.3) is 0 Å². The molecule has 0 amide bonds. The summed E-state index contributed by atoms with van der Waals surface area (Å²) in [7, 11) is 0. The van der Waals surface area contributed by atoms with Crippen molar-refractivity contribution in [3.05, 3.63) is 34.6 Å². The van der Waals surface area contributed by atoms with Gasteiger partial charge in [0.2, 0.25) is 0 Å². The van der Waals surface area contributed by atoms with Gasteiger partial charge in [-0.2, -0.15) is 0 Å². The second kappa shape index (κ2) is 7.97. The highest BCUT2D eigenvalue weighted by Crippen LogP contribution is 2.45. The minimum Gasteiger partial charge on any atom is -0.207 e. The van der Waals surface area contributed by atoms with Crippen molar-refractivity contribution in [1.82, 2.24) is 0 Å². The number of alkyl halides is 1. The van der Waals surface area contributed by atoms with Crippen LogP contribution in [0.2, 0.25) is 5.02 Å². The van der Waals surface area contributed by atoms with Gasteiger partial charge in [-0.05, 0) is 55.6 Å². The fourth-order valence-corrected chi connectivity index (χ4v) is 4.49. The summed E-state index contributed by atoms with van der Waals surface area (Å²) in [5.41, 5.74) is 0.875. The lowest BCUT2D eigenvalue weighted by Gasteiger charge is -2.39. The molecule has 0 atom stereocenters. The average molecular weight is 376 g/mol. The summed E-state index contributed by atoms with van der Waals surface area (Å²) in [5.74, 6) is 0.712. The molecule has 0 heterocycles. The Morgan fingerprint density at radius 1 is 1.33 bits per heavy atom. The molecule has 1 aliphatic rings. The monoisotopic (exact) mass is 374 g/mol. The van der Waals surface area contributed by atoms with Crippen molar-refractivity contribution in [2.45, 2.75) is 58.3 Å². The van der Waals surface area contributed by atoms with Crippen molar-refractivity contribution >= 4 is 27.5 Å². The van der Waals surface area contributed by atoms with E-state index in [0.717, 1.165) is 17.7 Å². The molecule has 1 saturated carbocycles. The van der Waals surface area contributed by atoms with Gasteiger partial charge in [-0.15, -0.1) is 0 Å². The molecule has 0 bridgehead atoms. The van der Waals surface area contributed by atoms with Crippen molar-refractivity contribution in [3.63, 3.8) is 0 Å². The van der Waals surface area contributed by atoms with Crippen molar-refractivity contribution in [3.8, 4) is 0 Å². The molecular formula is C18H25BrClF. The largest absolute Gasteiger partial charge is 0.207 e. The highest BCUT2D eigenvalue weighted by atomic mass is 79.9. The summed E-state index contributed by atoms with van der Waals surface area (Å²) in [5, 5.41) is 1.51. The maximum atomic E-state index is 14.1. The zero-order chi connectivity index (χ0) is 15.3. The zero-order valence-corrected chi connectivity index (χ0v) is 15.1. The van der Waals surface area contributed by atoms with E-state index in [0.29, 0.717) is 10.6 Å². The van der Waals surface area contributed by atoms with E-state index < -0.39 is 0 Å². The van der Waals surface area contributed by atoms with Crippen molar-refractivity contribution in [1.29, 1.82) is 0 Å². The van der Waals surface area contributed by atoms with E-state index in [1.165, 1.54) is 51.0 Å². The van der Waals surface area contributed by atoms with Crippen LogP contribution in [0, 0.1) is 17.2 Å². The molecule has 0 nitrogen and oxygen atoms in total. The van der Waals surface area contributed by atoms with Crippen LogP contribution in [0.15, 0.2) is 18.2 Å². The maximum Gasteiger partial charge on any atom is 0.127 e. The van der Waals surface area contributed by atoms with E-state index >= 15 is 0 Å². The van der Waals surface area contributed by atoms with Crippen LogP contribution in [0.3, 0.4) is 0 Å². The topological polar surface area (TPSA) is 0 Å². The number of benzene rings is 1. The molecule has 1 aliphatic carbocycles. The van der Waals surface area contributed by atoms with E-state index in [9.17, 15) is 4.39 Å². The van der Waals surface area contributed by atoms with Crippen molar-refractivity contribution < 1.29 is 4.39 Å². The fourth-order valence-electron chi connectivity index (χ4n) is 3.51. The lowest BCUT2D eigenvalue weighted by Crippen LogP contribution is -2.32. The number of rotatable bonds is 6. The average Bonchev–Trinajstić information content (AvgIpc) is 2.50. The highest BCUT2D eigenvalue weighted by Gasteiger charge is 2.35. The number of halogens is 3. The molecule has 1 fully saturated rings. The quantitative estimate of drug-likeness (QED) is 0.480. The molecule has 0 aromatic heterocycles. The summed E-state index contributed by atoms with van der Waals surface area (Å²) in [6.07, 6.45) is 9.64. The van der Waals surface area contributed by atoms with Crippen molar-refractivity contribution in [2.24, 2.45) is 11.3 Å². The lowest BCUT2D eigenvalue weighted by molar-refractivity contribution is 0.167. The van der Waals surface area contributed by atoms with Gasteiger partial charge in [0.1, 0.15) is 5.82 Å². The fraction of sp³-hybridized carbons (Fsp3) is 0.667. The maximum absolute atomic E-state index is 14.1. The Balaban J connectivity index is 2.03. The van der Waals surface area contributed by atoms with Gasteiger partial charge < -0.3 is 0 Å². The first kappa shape index (κ1) is 17.3. The Morgan fingerprint density at radius 3 is 2.62 bits per heavy atom. The number of hydrogen-bond donors (Lipinski definition) is 0. The molecule has 0 spiro atoms. The second-order valence-corrected chi connectivity index (χ2v) is 7.56. The minimum atomic E-state index is -0.157. The molecular weight excluding hydrogens is 351 g/mol. The van der Waals surface area contributed by atoms with Gasteiger partial charge in [-0.3, -0.25) is 0 Å². The van der Waals surface area contributed by atoms with E-state index in [1.54, 1.807) is 12.1 Å². The first-order chi connectivity index (χ1) is 10.1. The standard InChI is InChI=1S/C18H25BrClF/c1-2-3-5-14-8-10-18(13-19,11-9-14)12-15-16(20)6-4-7-17(15)21/h4,6-7,14H,2-3,5,8-13H2,1H3. The Labute approximate surface area is 141 Å². The predicted molar refractivity (Wildman–Crippen MR) is 92.8 cm³/mol. The van der Waals surface area contributed by atoms with Crippen LogP contribution < -0.4 is 0 Å². The first-order valence-electron chi connectivity index (χ1n) is 8.09. The molecule has 0 saturated heterocycles. The summed E-state index contributed by atoms with van der Waals surface area (Å²) in [6, 6.07) is 5.01. The van der Waals surface area contributed by atoms with E-state index in [4.69, 9.17) is 11.6 Å². The van der Waals surface area contributed by atoms with Crippen LogP contribution in [0.4, 0.5) is 4.39 Å². The highest BCUT2D eigenvalue weighted by molar-refractivity contribution is 9.09. The molecule has 0 N–H and O–H groups in total. The lowest BCUT2D eigenvalue weighted by atomic mass is 9.68. The molecule has 2 rings (SSSR count). The van der Waals surface area contributed by atoms with Crippen LogP contribution in [-0.2, 0) is 6.42 Å². The normalized spacial score (nSPS) is 26.0. The third-order valence-corrected chi connectivity index (χ3v) is 6.57. The van der Waals surface area contributed by atoms with Crippen LogP contribution in [0.1, 0.15) is 57.4 Å². The second-order valence-electron chi connectivity index (χ2n) is 6.60. The van der Waals surface area contributed by atoms with Gasteiger partial charge in [0.25, 0.3) is 0 Å². The predicted octanol–water partition coefficient (Wildman–Crippen LogP) is 6.78. The third kappa shape index (κ3) is 4.45. The molecule has 1 aromatic rings. The minimum absolute atomic E-state index is 0.157. The first-order valence-corrected chi connectivity index (χ1v) is 9.59. The SMILES string of the molecule is CCCCC1CCC(CBr)(Cc2c(F)cccc2Cl)CC1. The summed E-state index contributed by atoms with van der Waals surface area (Å²) in [4.78, 5) is 0. The summed E-state index contributed by atoms with van der Waals surface area (Å²) >= 11 is 9.89.